The van der Waals surface area contributed by atoms with Gasteiger partial charge in [-0.1, -0.05) is 0 Å². The van der Waals surface area contributed by atoms with Crippen LogP contribution in [0.15, 0.2) is 29.6 Å². The van der Waals surface area contributed by atoms with Crippen LogP contribution < -0.4 is 5.73 Å². The molecule has 0 unspecified atom stereocenters. The zero-order valence-electron chi connectivity index (χ0n) is 9.45. The standard InChI is InChI=1S/C10H12N4O2S/c1-7-3-9(11)10(12-4-7)14-6-8(5-13-14)17(2,15)16/h3-6H,11H2,1-2H3. The van der Waals surface area contributed by atoms with Crippen molar-refractivity contribution in [3.05, 3.63) is 30.2 Å². The zero-order valence-corrected chi connectivity index (χ0v) is 10.3. The molecule has 2 rings (SSSR count). The monoisotopic (exact) mass is 252 g/mol. The molecule has 6 nitrogen and oxygen atoms in total. The smallest absolute Gasteiger partial charge is 0.178 e. The second-order valence-corrected chi connectivity index (χ2v) is 5.83. The number of anilines is 1. The minimum atomic E-state index is -3.26. The molecule has 0 radical (unpaired) electrons. The Morgan fingerprint density at radius 2 is 2.06 bits per heavy atom. The van der Waals surface area contributed by atoms with Crippen LogP contribution in [0.3, 0.4) is 0 Å². The summed E-state index contributed by atoms with van der Waals surface area (Å²) >= 11 is 0. The van der Waals surface area contributed by atoms with Crippen LogP contribution in [0.4, 0.5) is 5.69 Å². The molecule has 0 spiro atoms. The highest BCUT2D eigenvalue weighted by Crippen LogP contribution is 2.16. The first-order valence-corrected chi connectivity index (χ1v) is 6.74. The molecule has 7 heteroatoms. The molecule has 2 N–H and O–H groups in total. The lowest BCUT2D eigenvalue weighted by Gasteiger charge is -2.04. The van der Waals surface area contributed by atoms with Gasteiger partial charge in [0.25, 0.3) is 0 Å². The molecule has 17 heavy (non-hydrogen) atoms. The fraction of sp³-hybridized carbons (Fsp3) is 0.200. The van der Waals surface area contributed by atoms with E-state index in [1.807, 2.05) is 6.92 Å². The number of hydrogen-bond acceptors (Lipinski definition) is 5. The minimum absolute atomic E-state index is 0.138. The van der Waals surface area contributed by atoms with Crippen molar-refractivity contribution < 1.29 is 8.42 Å². The van der Waals surface area contributed by atoms with Crippen molar-refractivity contribution in [3.8, 4) is 5.82 Å². The van der Waals surface area contributed by atoms with Crippen LogP contribution in [-0.4, -0.2) is 29.4 Å². The van der Waals surface area contributed by atoms with Crippen LogP contribution in [0.25, 0.3) is 5.82 Å². The molecular formula is C10H12N4O2S. The molecule has 0 amide bonds. The van der Waals surface area contributed by atoms with Gasteiger partial charge in [0.05, 0.1) is 18.1 Å². The molecule has 0 aliphatic carbocycles. The summed E-state index contributed by atoms with van der Waals surface area (Å²) in [5.74, 6) is 0.422. The fourth-order valence-electron chi connectivity index (χ4n) is 1.39. The zero-order chi connectivity index (χ0) is 12.6. The number of aromatic nitrogens is 3. The van der Waals surface area contributed by atoms with E-state index < -0.39 is 9.84 Å². The van der Waals surface area contributed by atoms with E-state index >= 15 is 0 Å². The molecule has 0 fully saturated rings. The summed E-state index contributed by atoms with van der Waals surface area (Å²) < 4.78 is 24.0. The van der Waals surface area contributed by atoms with Gasteiger partial charge in [0.1, 0.15) is 4.90 Å². The number of sulfone groups is 1. The molecular weight excluding hydrogens is 240 g/mol. The van der Waals surface area contributed by atoms with Crippen LogP contribution in [0.2, 0.25) is 0 Å². The third-order valence-corrected chi connectivity index (χ3v) is 3.30. The normalized spacial score (nSPS) is 11.6. The highest BCUT2D eigenvalue weighted by molar-refractivity contribution is 7.90. The number of pyridine rings is 1. The predicted octanol–water partition coefficient (Wildman–Crippen LogP) is 0.561. The van der Waals surface area contributed by atoms with Crippen LogP contribution >= 0.6 is 0 Å². The van der Waals surface area contributed by atoms with Gasteiger partial charge in [-0.3, -0.25) is 0 Å². The van der Waals surface area contributed by atoms with Gasteiger partial charge in [-0.2, -0.15) is 5.10 Å². The first-order chi connectivity index (χ1) is 7.88. The summed E-state index contributed by atoms with van der Waals surface area (Å²) in [5.41, 5.74) is 7.18. The van der Waals surface area contributed by atoms with Crippen molar-refractivity contribution >= 4 is 15.5 Å². The van der Waals surface area contributed by atoms with Crippen LogP contribution in [0, 0.1) is 6.92 Å². The van der Waals surface area contributed by atoms with Gasteiger partial charge in [0, 0.05) is 12.5 Å². The SMILES string of the molecule is Cc1cnc(-n2cc(S(C)(=O)=O)cn2)c(N)c1. The van der Waals surface area contributed by atoms with Crippen molar-refractivity contribution in [1.29, 1.82) is 0 Å². The average molecular weight is 252 g/mol. The molecule has 0 bridgehead atoms. The number of aryl methyl sites for hydroxylation is 1. The van der Waals surface area contributed by atoms with E-state index in [9.17, 15) is 8.42 Å². The molecule has 0 atom stereocenters. The molecule has 90 valence electrons. The van der Waals surface area contributed by atoms with Crippen LogP contribution in [0.5, 0.6) is 0 Å². The molecule has 2 aromatic rings. The second-order valence-electron chi connectivity index (χ2n) is 3.82. The van der Waals surface area contributed by atoms with E-state index in [0.29, 0.717) is 11.5 Å². The first kappa shape index (κ1) is 11.6. The van der Waals surface area contributed by atoms with Gasteiger partial charge in [0.15, 0.2) is 15.7 Å². The van der Waals surface area contributed by atoms with Crippen LogP contribution in [-0.2, 0) is 9.84 Å². The Hall–Kier alpha value is -1.89. The maximum Gasteiger partial charge on any atom is 0.178 e. The third kappa shape index (κ3) is 2.28. The summed E-state index contributed by atoms with van der Waals surface area (Å²) in [7, 11) is -3.26. The van der Waals surface area contributed by atoms with Gasteiger partial charge < -0.3 is 5.73 Å². The van der Waals surface area contributed by atoms with Gasteiger partial charge in [-0.25, -0.2) is 18.1 Å². The summed E-state index contributed by atoms with van der Waals surface area (Å²) in [4.78, 5) is 4.26. The average Bonchev–Trinajstić information content (AvgIpc) is 2.65. The van der Waals surface area contributed by atoms with E-state index in [1.54, 1.807) is 12.3 Å². The first-order valence-electron chi connectivity index (χ1n) is 4.85. The van der Waals surface area contributed by atoms with E-state index in [0.717, 1.165) is 11.8 Å². The Morgan fingerprint density at radius 3 is 2.59 bits per heavy atom. The molecule has 0 saturated carbocycles. The fourth-order valence-corrected chi connectivity index (χ4v) is 1.92. The lowest BCUT2D eigenvalue weighted by atomic mass is 10.3. The summed E-state index contributed by atoms with van der Waals surface area (Å²) in [6.45, 7) is 1.87. The van der Waals surface area contributed by atoms with Crippen molar-refractivity contribution in [2.45, 2.75) is 11.8 Å². The maximum absolute atomic E-state index is 11.3. The highest BCUT2D eigenvalue weighted by atomic mass is 32.2. The lowest BCUT2D eigenvalue weighted by Crippen LogP contribution is -2.03. The molecule has 0 saturated heterocycles. The largest absolute Gasteiger partial charge is 0.396 e. The molecule has 0 aromatic carbocycles. The second kappa shape index (κ2) is 3.85. The van der Waals surface area contributed by atoms with Crippen molar-refractivity contribution in [1.82, 2.24) is 14.8 Å². The molecule has 2 heterocycles. The topological polar surface area (TPSA) is 90.9 Å². The summed E-state index contributed by atoms with van der Waals surface area (Å²) in [6, 6.07) is 1.75. The quantitative estimate of drug-likeness (QED) is 0.843. The number of rotatable bonds is 2. The maximum atomic E-state index is 11.3. The summed E-state index contributed by atoms with van der Waals surface area (Å²) in [5, 5.41) is 3.94. The molecule has 0 aliphatic rings. The van der Waals surface area contributed by atoms with Gasteiger partial charge in [-0.05, 0) is 18.6 Å². The van der Waals surface area contributed by atoms with Gasteiger partial charge in [0.2, 0.25) is 0 Å². The molecule has 0 aliphatic heterocycles. The van der Waals surface area contributed by atoms with Crippen molar-refractivity contribution in [3.63, 3.8) is 0 Å². The van der Waals surface area contributed by atoms with E-state index in [1.165, 1.54) is 17.1 Å². The Balaban J connectivity index is 2.51. The van der Waals surface area contributed by atoms with Crippen LogP contribution in [0.1, 0.15) is 5.56 Å². The predicted molar refractivity (Wildman–Crippen MR) is 63.6 cm³/mol. The number of nitrogens with zero attached hydrogens (tertiary/aromatic N) is 3. The third-order valence-electron chi connectivity index (χ3n) is 2.24. The van der Waals surface area contributed by atoms with Crippen molar-refractivity contribution in [2.75, 3.05) is 12.0 Å². The minimum Gasteiger partial charge on any atom is -0.396 e. The lowest BCUT2D eigenvalue weighted by molar-refractivity contribution is 0.602. The Kier molecular flexibility index (Phi) is 2.62. The Morgan fingerprint density at radius 1 is 1.35 bits per heavy atom. The van der Waals surface area contributed by atoms with E-state index in [4.69, 9.17) is 5.73 Å². The van der Waals surface area contributed by atoms with Gasteiger partial charge in [-0.15, -0.1) is 0 Å². The number of nitrogens with two attached hydrogens (primary N) is 1. The Labute approximate surface area is 99.0 Å². The van der Waals surface area contributed by atoms with Gasteiger partial charge >= 0.3 is 0 Å². The van der Waals surface area contributed by atoms with E-state index in [2.05, 4.69) is 10.1 Å². The summed E-state index contributed by atoms with van der Waals surface area (Å²) in [6.07, 6.45) is 5.44. The number of nitrogen functional groups attached to an aromatic ring is 1. The Bertz CT molecular complexity index is 661. The highest BCUT2D eigenvalue weighted by Gasteiger charge is 2.12. The van der Waals surface area contributed by atoms with Crippen molar-refractivity contribution in [2.24, 2.45) is 0 Å². The number of hydrogen-bond donors (Lipinski definition) is 1. The molecule has 2 aromatic heterocycles. The van der Waals surface area contributed by atoms with E-state index in [-0.39, 0.29) is 4.90 Å².